The molecular formula is C14H22N2O3. The van der Waals surface area contributed by atoms with E-state index < -0.39 is 5.97 Å². The van der Waals surface area contributed by atoms with Crippen molar-refractivity contribution in [1.82, 2.24) is 4.98 Å². The molecule has 1 N–H and O–H groups in total. The molecule has 0 aliphatic rings. The van der Waals surface area contributed by atoms with E-state index in [-0.39, 0.29) is 5.41 Å². The van der Waals surface area contributed by atoms with Crippen LogP contribution in [0.2, 0.25) is 0 Å². The molecule has 19 heavy (non-hydrogen) atoms. The molecule has 0 aromatic carbocycles. The molecule has 0 aliphatic heterocycles. The lowest BCUT2D eigenvalue weighted by Crippen LogP contribution is -2.24. The van der Waals surface area contributed by atoms with Crippen molar-refractivity contribution >= 4 is 11.7 Å². The Labute approximate surface area is 114 Å². The Morgan fingerprint density at radius 2 is 2.16 bits per heavy atom. The van der Waals surface area contributed by atoms with Gasteiger partial charge in [-0.1, -0.05) is 13.8 Å². The number of ether oxygens (including phenoxy) is 2. The fourth-order valence-corrected chi connectivity index (χ4v) is 1.56. The van der Waals surface area contributed by atoms with Gasteiger partial charge in [-0.05, 0) is 24.0 Å². The number of anilines is 1. The summed E-state index contributed by atoms with van der Waals surface area (Å²) in [6.45, 7) is 5.86. The number of carbonyl (C=O) groups excluding carboxylic acids is 1. The van der Waals surface area contributed by atoms with E-state index in [2.05, 4.69) is 28.9 Å². The number of hydrogen-bond donors (Lipinski definition) is 1. The maximum Gasteiger partial charge on any atom is 0.356 e. The van der Waals surface area contributed by atoms with Crippen molar-refractivity contribution in [3.05, 3.63) is 24.0 Å². The largest absolute Gasteiger partial charge is 0.464 e. The lowest BCUT2D eigenvalue weighted by molar-refractivity contribution is 0.0594. The Morgan fingerprint density at radius 3 is 2.79 bits per heavy atom. The highest BCUT2D eigenvalue weighted by atomic mass is 16.5. The second-order valence-electron chi connectivity index (χ2n) is 5.18. The minimum absolute atomic E-state index is 0.116. The molecule has 1 heterocycles. The number of rotatable bonds is 7. The average Bonchev–Trinajstić information content (AvgIpc) is 2.42. The fourth-order valence-electron chi connectivity index (χ4n) is 1.56. The molecule has 0 unspecified atom stereocenters. The quantitative estimate of drug-likeness (QED) is 0.768. The Kier molecular flexibility index (Phi) is 5.76. The first-order valence-electron chi connectivity index (χ1n) is 6.26. The van der Waals surface area contributed by atoms with Gasteiger partial charge in [0, 0.05) is 32.1 Å². The number of nitrogens with zero attached hydrogens (tertiary/aromatic N) is 1. The third-order valence-corrected chi connectivity index (χ3v) is 2.91. The molecule has 5 nitrogen and oxygen atoms in total. The molecule has 1 rings (SSSR count). The molecule has 0 aliphatic carbocycles. The van der Waals surface area contributed by atoms with E-state index in [0.717, 1.165) is 25.3 Å². The van der Waals surface area contributed by atoms with E-state index in [1.807, 2.05) is 6.07 Å². The number of hydrogen-bond acceptors (Lipinski definition) is 5. The number of aromatic nitrogens is 1. The van der Waals surface area contributed by atoms with Crippen LogP contribution in [0.1, 0.15) is 30.8 Å². The lowest BCUT2D eigenvalue weighted by Gasteiger charge is -2.25. The number of methoxy groups -OCH3 is 2. The van der Waals surface area contributed by atoms with E-state index in [9.17, 15) is 4.79 Å². The maximum atomic E-state index is 11.4. The van der Waals surface area contributed by atoms with Crippen LogP contribution in [0.3, 0.4) is 0 Å². The van der Waals surface area contributed by atoms with Crippen molar-refractivity contribution in [2.24, 2.45) is 5.41 Å². The number of carbonyl (C=O) groups is 1. The highest BCUT2D eigenvalue weighted by Gasteiger charge is 2.17. The van der Waals surface area contributed by atoms with E-state index in [1.54, 1.807) is 19.4 Å². The van der Waals surface area contributed by atoms with E-state index in [0.29, 0.717) is 5.69 Å². The maximum absolute atomic E-state index is 11.4. The molecule has 0 saturated carbocycles. The second kappa shape index (κ2) is 7.09. The van der Waals surface area contributed by atoms with Gasteiger partial charge in [-0.25, -0.2) is 9.78 Å². The normalized spacial score (nSPS) is 11.2. The Hall–Kier alpha value is -1.62. The predicted octanol–water partition coefficient (Wildman–Crippen LogP) is 2.34. The van der Waals surface area contributed by atoms with Gasteiger partial charge in [0.25, 0.3) is 0 Å². The third kappa shape index (κ3) is 5.26. The molecule has 1 aromatic rings. The predicted molar refractivity (Wildman–Crippen MR) is 74.3 cm³/mol. The summed E-state index contributed by atoms with van der Waals surface area (Å²) in [4.78, 5) is 15.3. The molecule has 1 aromatic heterocycles. The summed E-state index contributed by atoms with van der Waals surface area (Å²) in [6.07, 6.45) is 2.56. The third-order valence-electron chi connectivity index (χ3n) is 2.91. The SMILES string of the molecule is COCCC(C)(C)CNc1ccnc(C(=O)OC)c1. The standard InChI is InChI=1S/C14H22N2O3/c1-14(2,6-8-18-3)10-16-11-5-7-15-12(9-11)13(17)19-4/h5,7,9H,6,8,10H2,1-4H3,(H,15,16). The van der Waals surface area contributed by atoms with E-state index in [4.69, 9.17) is 4.74 Å². The summed E-state index contributed by atoms with van der Waals surface area (Å²) < 4.78 is 9.74. The lowest BCUT2D eigenvalue weighted by atomic mass is 9.89. The summed E-state index contributed by atoms with van der Waals surface area (Å²) >= 11 is 0. The molecule has 0 fully saturated rings. The first-order valence-corrected chi connectivity index (χ1v) is 6.26. The van der Waals surface area contributed by atoms with Crippen LogP contribution < -0.4 is 5.32 Å². The monoisotopic (exact) mass is 266 g/mol. The van der Waals surface area contributed by atoms with Crippen LogP contribution in [-0.4, -0.2) is 38.3 Å². The average molecular weight is 266 g/mol. The van der Waals surface area contributed by atoms with Gasteiger partial charge in [0.1, 0.15) is 5.69 Å². The summed E-state index contributed by atoms with van der Waals surface area (Å²) in [7, 11) is 3.05. The van der Waals surface area contributed by atoms with Crippen molar-refractivity contribution in [3.63, 3.8) is 0 Å². The van der Waals surface area contributed by atoms with Crippen LogP contribution in [0.25, 0.3) is 0 Å². The van der Waals surface area contributed by atoms with E-state index in [1.165, 1.54) is 7.11 Å². The van der Waals surface area contributed by atoms with Crippen molar-refractivity contribution < 1.29 is 14.3 Å². The van der Waals surface area contributed by atoms with Gasteiger partial charge < -0.3 is 14.8 Å². The molecule has 0 amide bonds. The van der Waals surface area contributed by atoms with Crippen LogP contribution in [-0.2, 0) is 9.47 Å². The zero-order valence-electron chi connectivity index (χ0n) is 12.0. The molecule has 0 bridgehead atoms. The highest BCUT2D eigenvalue weighted by molar-refractivity contribution is 5.88. The molecule has 106 valence electrons. The summed E-state index contributed by atoms with van der Waals surface area (Å²) in [5, 5.41) is 3.31. The fraction of sp³-hybridized carbons (Fsp3) is 0.571. The minimum Gasteiger partial charge on any atom is -0.464 e. The first-order chi connectivity index (χ1) is 8.98. The minimum atomic E-state index is -0.428. The molecule has 5 heteroatoms. The molecule has 0 atom stereocenters. The zero-order valence-corrected chi connectivity index (χ0v) is 12.0. The van der Waals surface area contributed by atoms with Gasteiger partial charge in [0.15, 0.2) is 0 Å². The highest BCUT2D eigenvalue weighted by Crippen LogP contribution is 2.21. The summed E-state index contributed by atoms with van der Waals surface area (Å²) in [6, 6.07) is 3.52. The van der Waals surface area contributed by atoms with Crippen molar-refractivity contribution in [2.45, 2.75) is 20.3 Å². The van der Waals surface area contributed by atoms with Gasteiger partial charge in [-0.3, -0.25) is 0 Å². The first kappa shape index (κ1) is 15.4. The van der Waals surface area contributed by atoms with Gasteiger partial charge in [0.2, 0.25) is 0 Å². The van der Waals surface area contributed by atoms with Gasteiger partial charge >= 0.3 is 5.97 Å². The van der Waals surface area contributed by atoms with Crippen LogP contribution >= 0.6 is 0 Å². The Bertz CT molecular complexity index is 419. The van der Waals surface area contributed by atoms with Crippen LogP contribution in [0.4, 0.5) is 5.69 Å². The van der Waals surface area contributed by atoms with Crippen molar-refractivity contribution in [3.8, 4) is 0 Å². The smallest absolute Gasteiger partial charge is 0.356 e. The van der Waals surface area contributed by atoms with Crippen molar-refractivity contribution in [2.75, 3.05) is 32.7 Å². The summed E-state index contributed by atoms with van der Waals surface area (Å²) in [5.41, 5.74) is 1.29. The number of pyridine rings is 1. The molecular weight excluding hydrogens is 244 g/mol. The molecule has 0 saturated heterocycles. The van der Waals surface area contributed by atoms with Crippen LogP contribution in [0, 0.1) is 5.41 Å². The van der Waals surface area contributed by atoms with Crippen molar-refractivity contribution in [1.29, 1.82) is 0 Å². The Morgan fingerprint density at radius 1 is 1.42 bits per heavy atom. The van der Waals surface area contributed by atoms with Gasteiger partial charge in [-0.15, -0.1) is 0 Å². The number of esters is 1. The second-order valence-corrected chi connectivity index (χ2v) is 5.18. The zero-order chi connectivity index (χ0) is 14.3. The van der Waals surface area contributed by atoms with Crippen LogP contribution in [0.15, 0.2) is 18.3 Å². The molecule has 0 radical (unpaired) electrons. The number of nitrogens with one attached hydrogen (secondary N) is 1. The van der Waals surface area contributed by atoms with Gasteiger partial charge in [0.05, 0.1) is 7.11 Å². The Balaban J connectivity index is 2.60. The summed E-state index contributed by atoms with van der Waals surface area (Å²) in [5.74, 6) is -0.428. The molecule has 0 spiro atoms. The van der Waals surface area contributed by atoms with Gasteiger partial charge in [-0.2, -0.15) is 0 Å². The van der Waals surface area contributed by atoms with Crippen LogP contribution in [0.5, 0.6) is 0 Å². The topological polar surface area (TPSA) is 60.5 Å². The van der Waals surface area contributed by atoms with E-state index >= 15 is 0 Å².